The van der Waals surface area contributed by atoms with E-state index in [0.717, 1.165) is 56.5 Å². The van der Waals surface area contributed by atoms with Crippen LogP contribution < -0.4 is 5.32 Å². The van der Waals surface area contributed by atoms with E-state index in [2.05, 4.69) is 26.3 Å². The number of carbonyl (C=O) groups excluding carboxylic acids is 1. The Kier molecular flexibility index (Phi) is 5.44. The summed E-state index contributed by atoms with van der Waals surface area (Å²) >= 11 is 0. The van der Waals surface area contributed by atoms with Crippen LogP contribution >= 0.6 is 0 Å². The van der Waals surface area contributed by atoms with Gasteiger partial charge in [0.25, 0.3) is 0 Å². The molecule has 2 fully saturated rings. The number of rotatable bonds is 3. The molecule has 1 amide bonds. The van der Waals surface area contributed by atoms with Gasteiger partial charge in [0.2, 0.25) is 5.91 Å². The van der Waals surface area contributed by atoms with Gasteiger partial charge >= 0.3 is 0 Å². The fourth-order valence-electron chi connectivity index (χ4n) is 4.44. The van der Waals surface area contributed by atoms with Gasteiger partial charge in [-0.2, -0.15) is 0 Å². The van der Waals surface area contributed by atoms with Crippen molar-refractivity contribution in [1.29, 1.82) is 0 Å². The van der Waals surface area contributed by atoms with Gasteiger partial charge in [0.15, 0.2) is 0 Å². The minimum absolute atomic E-state index is 0.255. The summed E-state index contributed by atoms with van der Waals surface area (Å²) in [5.41, 5.74) is 3.17. The van der Waals surface area contributed by atoms with E-state index in [9.17, 15) is 4.79 Å². The highest BCUT2D eigenvalue weighted by molar-refractivity contribution is 5.79. The molecule has 0 bridgehead atoms. The van der Waals surface area contributed by atoms with Crippen LogP contribution in [0.5, 0.6) is 0 Å². The van der Waals surface area contributed by atoms with Crippen molar-refractivity contribution in [1.82, 2.24) is 20.2 Å². The van der Waals surface area contributed by atoms with Crippen molar-refractivity contribution in [2.45, 2.75) is 38.5 Å². The van der Waals surface area contributed by atoms with Crippen molar-refractivity contribution < 1.29 is 4.79 Å². The summed E-state index contributed by atoms with van der Waals surface area (Å²) in [6, 6.07) is 6.01. The van der Waals surface area contributed by atoms with Crippen molar-refractivity contribution in [2.24, 2.45) is 11.8 Å². The Hall–Kier alpha value is -2.01. The number of amides is 1. The van der Waals surface area contributed by atoms with E-state index in [1.807, 2.05) is 24.5 Å². The smallest absolute Gasteiger partial charge is 0.225 e. The molecule has 2 aromatic heterocycles. The first-order chi connectivity index (χ1) is 12.8. The second-order valence-electron chi connectivity index (χ2n) is 7.73. The van der Waals surface area contributed by atoms with Crippen molar-refractivity contribution in [2.75, 3.05) is 26.2 Å². The van der Waals surface area contributed by atoms with Gasteiger partial charge in [-0.15, -0.1) is 0 Å². The highest BCUT2D eigenvalue weighted by Crippen LogP contribution is 2.26. The van der Waals surface area contributed by atoms with Gasteiger partial charge in [0.1, 0.15) is 0 Å². The lowest BCUT2D eigenvalue weighted by Crippen LogP contribution is -2.40. The Morgan fingerprint density at radius 3 is 2.92 bits per heavy atom. The van der Waals surface area contributed by atoms with E-state index >= 15 is 0 Å². The number of nitrogens with one attached hydrogen (secondary N) is 1. The normalized spacial score (nSPS) is 22.3. The summed E-state index contributed by atoms with van der Waals surface area (Å²) in [6.07, 6.45) is 10.5. The van der Waals surface area contributed by atoms with E-state index < -0.39 is 0 Å². The molecule has 0 spiro atoms. The van der Waals surface area contributed by atoms with Gasteiger partial charge in [-0.25, -0.2) is 0 Å². The maximum absolute atomic E-state index is 13.0. The molecule has 0 radical (unpaired) electrons. The summed E-state index contributed by atoms with van der Waals surface area (Å²) in [6.45, 7) is 3.52. The van der Waals surface area contributed by atoms with Crippen molar-refractivity contribution >= 4 is 16.9 Å². The van der Waals surface area contributed by atoms with Gasteiger partial charge < -0.3 is 10.2 Å². The number of hydrogen-bond acceptors (Lipinski definition) is 4. The lowest BCUT2D eigenvalue weighted by Gasteiger charge is -2.30. The zero-order chi connectivity index (χ0) is 17.8. The molecule has 1 saturated heterocycles. The summed E-state index contributed by atoms with van der Waals surface area (Å²) in [7, 11) is 0. The van der Waals surface area contributed by atoms with Crippen molar-refractivity contribution in [3.63, 3.8) is 0 Å². The van der Waals surface area contributed by atoms with Crippen LogP contribution in [0.25, 0.3) is 11.0 Å². The number of hydrogen-bond donors (Lipinski definition) is 1. The second kappa shape index (κ2) is 8.12. The molecular weight excluding hydrogens is 324 g/mol. The third-order valence-electron chi connectivity index (χ3n) is 5.82. The zero-order valence-corrected chi connectivity index (χ0v) is 15.4. The van der Waals surface area contributed by atoms with Gasteiger partial charge in [0.05, 0.1) is 11.0 Å². The van der Waals surface area contributed by atoms with Crippen LogP contribution in [0, 0.1) is 11.8 Å². The number of pyridine rings is 2. The van der Waals surface area contributed by atoms with Crippen LogP contribution in [-0.2, 0) is 11.2 Å². The molecule has 1 atom stereocenters. The van der Waals surface area contributed by atoms with E-state index in [0.29, 0.717) is 11.8 Å². The molecule has 0 aromatic carbocycles. The minimum atomic E-state index is 0.255. The minimum Gasteiger partial charge on any atom is -0.341 e. The summed E-state index contributed by atoms with van der Waals surface area (Å²) < 4.78 is 0. The van der Waals surface area contributed by atoms with Gasteiger partial charge in [-0.05, 0) is 48.9 Å². The molecule has 5 nitrogen and oxygen atoms in total. The Labute approximate surface area is 155 Å². The molecule has 26 heavy (non-hydrogen) atoms. The molecule has 2 aliphatic rings. The third-order valence-corrected chi connectivity index (χ3v) is 5.82. The highest BCUT2D eigenvalue weighted by atomic mass is 16.2. The predicted octanol–water partition coefficient (Wildman–Crippen LogP) is 2.80. The Morgan fingerprint density at radius 1 is 1.15 bits per heavy atom. The molecule has 2 aromatic rings. The maximum Gasteiger partial charge on any atom is 0.225 e. The van der Waals surface area contributed by atoms with Crippen LogP contribution in [0.1, 0.15) is 37.7 Å². The first-order valence-electron chi connectivity index (χ1n) is 9.99. The van der Waals surface area contributed by atoms with Crippen molar-refractivity contribution in [3.05, 3.63) is 36.2 Å². The SMILES string of the molecule is O=C(C1CCCCC1)N1CCNCC(Cc2ccnc3cccnc23)C1. The molecule has 5 heteroatoms. The maximum atomic E-state index is 13.0. The van der Waals surface area contributed by atoms with E-state index in [1.165, 1.54) is 24.8 Å². The van der Waals surface area contributed by atoms with Crippen LogP contribution in [0.15, 0.2) is 30.6 Å². The summed E-state index contributed by atoms with van der Waals surface area (Å²) in [5.74, 6) is 1.06. The topological polar surface area (TPSA) is 58.1 Å². The first-order valence-corrected chi connectivity index (χ1v) is 9.99. The molecule has 1 unspecified atom stereocenters. The van der Waals surface area contributed by atoms with Gasteiger partial charge in [-0.1, -0.05) is 19.3 Å². The summed E-state index contributed by atoms with van der Waals surface area (Å²) in [5, 5.41) is 3.52. The third kappa shape index (κ3) is 3.88. The average Bonchev–Trinajstić information content (AvgIpc) is 2.94. The summed E-state index contributed by atoms with van der Waals surface area (Å²) in [4.78, 5) is 24.1. The lowest BCUT2D eigenvalue weighted by molar-refractivity contribution is -0.136. The van der Waals surface area contributed by atoms with Crippen LogP contribution in [0.3, 0.4) is 0 Å². The first kappa shape index (κ1) is 17.4. The molecule has 3 heterocycles. The molecule has 4 rings (SSSR count). The van der Waals surface area contributed by atoms with E-state index in [4.69, 9.17) is 0 Å². The van der Waals surface area contributed by atoms with Gasteiger partial charge in [0, 0.05) is 44.5 Å². The fourth-order valence-corrected chi connectivity index (χ4v) is 4.44. The zero-order valence-electron chi connectivity index (χ0n) is 15.4. The molecule has 1 saturated carbocycles. The number of fused-ring (bicyclic) bond motifs is 1. The van der Waals surface area contributed by atoms with E-state index in [1.54, 1.807) is 0 Å². The Morgan fingerprint density at radius 2 is 2.04 bits per heavy atom. The highest BCUT2D eigenvalue weighted by Gasteiger charge is 2.29. The molecule has 1 aliphatic heterocycles. The standard InChI is InChI=1S/C21H28N4O/c26-21(17-5-2-1-3-6-17)25-12-11-22-14-16(15-25)13-18-8-10-23-19-7-4-9-24-20(18)19/h4,7-10,16-17,22H,1-3,5-6,11-15H2. The Bertz CT molecular complexity index is 751. The van der Waals surface area contributed by atoms with Crippen LogP contribution in [0.2, 0.25) is 0 Å². The van der Waals surface area contributed by atoms with Crippen molar-refractivity contribution in [3.8, 4) is 0 Å². The number of carbonyl (C=O) groups is 1. The Balaban J connectivity index is 1.48. The average molecular weight is 352 g/mol. The van der Waals surface area contributed by atoms with Gasteiger partial charge in [-0.3, -0.25) is 14.8 Å². The molecule has 1 aliphatic carbocycles. The molecule has 1 N–H and O–H groups in total. The fraction of sp³-hybridized carbons (Fsp3) is 0.571. The second-order valence-corrected chi connectivity index (χ2v) is 7.73. The number of aromatic nitrogens is 2. The molecular formula is C21H28N4O. The van der Waals surface area contributed by atoms with Crippen LogP contribution in [0.4, 0.5) is 0 Å². The number of nitrogens with zero attached hydrogens (tertiary/aromatic N) is 3. The monoisotopic (exact) mass is 352 g/mol. The quantitative estimate of drug-likeness (QED) is 0.923. The largest absolute Gasteiger partial charge is 0.341 e. The molecule has 138 valence electrons. The predicted molar refractivity (Wildman–Crippen MR) is 103 cm³/mol. The van der Waals surface area contributed by atoms with E-state index in [-0.39, 0.29) is 5.92 Å². The lowest BCUT2D eigenvalue weighted by atomic mass is 9.88. The van der Waals surface area contributed by atoms with Crippen LogP contribution in [-0.4, -0.2) is 47.0 Å².